The van der Waals surface area contributed by atoms with Gasteiger partial charge >= 0.3 is 6.03 Å². The van der Waals surface area contributed by atoms with E-state index in [2.05, 4.69) is 65.5 Å². The first-order valence-electron chi connectivity index (χ1n) is 12.6. The molecule has 4 aromatic rings. The number of nitrogens with one attached hydrogen (secondary N) is 1. The third-order valence-corrected chi connectivity index (χ3v) is 6.65. The first-order valence-corrected chi connectivity index (χ1v) is 12.6. The number of para-hydroxylation sites is 1. The molecule has 0 saturated carbocycles. The number of aryl methyl sites for hydroxylation is 2. The Kier molecular flexibility index (Phi) is 6.91. The summed E-state index contributed by atoms with van der Waals surface area (Å²) in [6, 6.07) is 22.4. The van der Waals surface area contributed by atoms with Crippen LogP contribution in [0.2, 0.25) is 0 Å². The van der Waals surface area contributed by atoms with Gasteiger partial charge in [-0.25, -0.2) is 9.48 Å². The number of rotatable bonds is 7. The molecular formula is C29H33N5O2. The second-order valence-electron chi connectivity index (χ2n) is 9.16. The molecule has 0 unspecified atom stereocenters. The lowest BCUT2D eigenvalue weighted by molar-refractivity contribution is 0.143. The molecule has 1 atom stereocenters. The number of carbonyl (C=O) groups excluding carboxylic acids is 1. The Balaban J connectivity index is 1.61. The number of fused-ring (bicyclic) bond motifs is 3. The highest BCUT2D eigenvalue weighted by molar-refractivity contribution is 5.76. The van der Waals surface area contributed by atoms with Gasteiger partial charge in [-0.15, -0.1) is 0 Å². The summed E-state index contributed by atoms with van der Waals surface area (Å²) in [5.74, 6) is 0.975. The minimum absolute atomic E-state index is 0.0922. The molecule has 186 valence electrons. The van der Waals surface area contributed by atoms with Crippen LogP contribution in [0.25, 0.3) is 11.5 Å². The van der Waals surface area contributed by atoms with E-state index in [1.165, 1.54) is 0 Å². The molecule has 5 rings (SSSR count). The van der Waals surface area contributed by atoms with Crippen LogP contribution in [-0.2, 0) is 11.3 Å². The molecule has 0 saturated heterocycles. The lowest BCUT2D eigenvalue weighted by Gasteiger charge is -2.31. The number of ether oxygens (including phenoxy) is 1. The van der Waals surface area contributed by atoms with Crippen LogP contribution in [-0.4, -0.2) is 45.0 Å². The monoisotopic (exact) mass is 483 g/mol. The van der Waals surface area contributed by atoms with Gasteiger partial charge in [-0.1, -0.05) is 48.0 Å². The SMILES string of the molecule is CCOCCCNC(=O)N1Cc2c(C)nn(-c3ccccc3)c2-n2cccc2[C@H]1c1cccc(C)c1. The van der Waals surface area contributed by atoms with Crippen LogP contribution in [0.5, 0.6) is 0 Å². The van der Waals surface area contributed by atoms with E-state index in [1.807, 2.05) is 47.7 Å². The van der Waals surface area contributed by atoms with E-state index in [1.54, 1.807) is 0 Å². The van der Waals surface area contributed by atoms with Gasteiger partial charge in [0.2, 0.25) is 0 Å². The summed E-state index contributed by atoms with van der Waals surface area (Å²) in [5.41, 5.74) is 6.21. The van der Waals surface area contributed by atoms with Crippen molar-refractivity contribution in [3.05, 3.63) is 101 Å². The molecule has 36 heavy (non-hydrogen) atoms. The van der Waals surface area contributed by atoms with Gasteiger partial charge in [0.15, 0.2) is 0 Å². The van der Waals surface area contributed by atoms with Crippen LogP contribution in [0.3, 0.4) is 0 Å². The third-order valence-electron chi connectivity index (χ3n) is 6.65. The number of urea groups is 1. The maximum absolute atomic E-state index is 13.7. The molecule has 2 aromatic heterocycles. The third kappa shape index (κ3) is 4.54. The Morgan fingerprint density at radius 2 is 1.92 bits per heavy atom. The topological polar surface area (TPSA) is 64.3 Å². The van der Waals surface area contributed by atoms with Crippen LogP contribution in [0.15, 0.2) is 72.9 Å². The van der Waals surface area contributed by atoms with Crippen LogP contribution in [0, 0.1) is 13.8 Å². The maximum Gasteiger partial charge on any atom is 0.318 e. The fraction of sp³-hybridized carbons (Fsp3) is 0.310. The summed E-state index contributed by atoms with van der Waals surface area (Å²) < 4.78 is 9.63. The zero-order valence-electron chi connectivity index (χ0n) is 21.1. The van der Waals surface area contributed by atoms with E-state index in [4.69, 9.17) is 9.84 Å². The predicted octanol–water partition coefficient (Wildman–Crippen LogP) is 5.32. The van der Waals surface area contributed by atoms with E-state index >= 15 is 0 Å². The van der Waals surface area contributed by atoms with Crippen molar-refractivity contribution in [1.29, 1.82) is 0 Å². The lowest BCUT2D eigenvalue weighted by Crippen LogP contribution is -2.42. The first-order chi connectivity index (χ1) is 17.6. The number of nitrogens with zero attached hydrogens (tertiary/aromatic N) is 4. The summed E-state index contributed by atoms with van der Waals surface area (Å²) in [5, 5.41) is 8.04. The van der Waals surface area contributed by atoms with Crippen molar-refractivity contribution >= 4 is 6.03 Å². The molecule has 2 aromatic carbocycles. The summed E-state index contributed by atoms with van der Waals surface area (Å²) in [6.45, 7) is 8.41. The second kappa shape index (κ2) is 10.4. The summed E-state index contributed by atoms with van der Waals surface area (Å²) in [6.07, 6.45) is 2.84. The molecule has 7 heteroatoms. The molecule has 0 bridgehead atoms. The van der Waals surface area contributed by atoms with Gasteiger partial charge in [-0.2, -0.15) is 5.10 Å². The zero-order chi connectivity index (χ0) is 25.1. The van der Waals surface area contributed by atoms with E-state index in [-0.39, 0.29) is 12.1 Å². The van der Waals surface area contributed by atoms with Crippen molar-refractivity contribution in [2.75, 3.05) is 19.8 Å². The molecule has 2 amide bonds. The van der Waals surface area contributed by atoms with E-state index in [0.29, 0.717) is 26.3 Å². The first kappa shape index (κ1) is 23.9. The Morgan fingerprint density at radius 3 is 2.69 bits per heavy atom. The molecule has 1 aliphatic rings. The summed E-state index contributed by atoms with van der Waals surface area (Å²) >= 11 is 0. The largest absolute Gasteiger partial charge is 0.382 e. The Morgan fingerprint density at radius 1 is 1.08 bits per heavy atom. The average Bonchev–Trinajstić information content (AvgIpc) is 3.44. The average molecular weight is 484 g/mol. The number of benzene rings is 2. The lowest BCUT2D eigenvalue weighted by atomic mass is 10.00. The van der Waals surface area contributed by atoms with Crippen LogP contribution in [0.1, 0.15) is 47.5 Å². The van der Waals surface area contributed by atoms with Crippen molar-refractivity contribution in [1.82, 2.24) is 24.6 Å². The number of amides is 2. The van der Waals surface area contributed by atoms with Crippen molar-refractivity contribution in [2.24, 2.45) is 0 Å². The second-order valence-corrected chi connectivity index (χ2v) is 9.16. The molecule has 0 fully saturated rings. The highest BCUT2D eigenvalue weighted by Gasteiger charge is 2.35. The molecule has 0 spiro atoms. The summed E-state index contributed by atoms with van der Waals surface area (Å²) in [4.78, 5) is 15.7. The Hall–Kier alpha value is -3.84. The molecule has 3 heterocycles. The maximum atomic E-state index is 13.7. The number of carbonyl (C=O) groups is 1. The number of hydrogen-bond acceptors (Lipinski definition) is 3. The predicted molar refractivity (Wildman–Crippen MR) is 141 cm³/mol. The van der Waals surface area contributed by atoms with Gasteiger partial charge in [-0.05, 0) is 57.0 Å². The quantitative estimate of drug-likeness (QED) is 0.362. The van der Waals surface area contributed by atoms with E-state index in [0.717, 1.165) is 46.0 Å². The molecule has 7 nitrogen and oxygen atoms in total. The van der Waals surface area contributed by atoms with E-state index in [9.17, 15) is 4.79 Å². The van der Waals surface area contributed by atoms with Gasteiger partial charge in [0.05, 0.1) is 29.7 Å². The minimum atomic E-state index is -0.247. The number of hydrogen-bond donors (Lipinski definition) is 1. The van der Waals surface area contributed by atoms with Crippen LogP contribution >= 0.6 is 0 Å². The molecule has 0 radical (unpaired) electrons. The van der Waals surface area contributed by atoms with Crippen molar-refractivity contribution in [3.63, 3.8) is 0 Å². The Bertz CT molecular complexity index is 1340. The molecule has 0 aliphatic carbocycles. The van der Waals surface area contributed by atoms with Crippen LogP contribution < -0.4 is 5.32 Å². The van der Waals surface area contributed by atoms with Crippen molar-refractivity contribution in [3.8, 4) is 11.5 Å². The van der Waals surface area contributed by atoms with Gasteiger partial charge in [-0.3, -0.25) is 0 Å². The fourth-order valence-corrected chi connectivity index (χ4v) is 4.96. The van der Waals surface area contributed by atoms with Crippen molar-refractivity contribution < 1.29 is 9.53 Å². The summed E-state index contributed by atoms with van der Waals surface area (Å²) in [7, 11) is 0. The minimum Gasteiger partial charge on any atom is -0.382 e. The van der Waals surface area contributed by atoms with Crippen LogP contribution in [0.4, 0.5) is 4.79 Å². The van der Waals surface area contributed by atoms with E-state index < -0.39 is 0 Å². The standard InChI is InChI=1S/C29H33N5O2/c1-4-36-18-10-16-30-29(35)33-20-25-22(3)31-34(24-13-6-5-7-14-24)28(25)32-17-9-15-26(32)27(33)23-12-8-11-21(2)19-23/h5-9,11-15,17,19,27H,4,10,16,18,20H2,1-3H3,(H,30,35)/t27-/m1/s1. The van der Waals surface area contributed by atoms with Gasteiger partial charge < -0.3 is 19.5 Å². The molecule has 1 N–H and O–H groups in total. The molecule has 1 aliphatic heterocycles. The van der Waals surface area contributed by atoms with Gasteiger partial charge in [0, 0.05) is 31.5 Å². The normalized spacial score (nSPS) is 14.8. The number of aromatic nitrogens is 3. The highest BCUT2D eigenvalue weighted by atomic mass is 16.5. The fourth-order valence-electron chi connectivity index (χ4n) is 4.96. The molecular weight excluding hydrogens is 450 g/mol. The van der Waals surface area contributed by atoms with Gasteiger partial charge in [0.1, 0.15) is 5.82 Å². The zero-order valence-corrected chi connectivity index (χ0v) is 21.1. The van der Waals surface area contributed by atoms with Gasteiger partial charge in [0.25, 0.3) is 0 Å². The Labute approximate surface area is 212 Å². The smallest absolute Gasteiger partial charge is 0.318 e. The highest BCUT2D eigenvalue weighted by Crippen LogP contribution is 2.38. The van der Waals surface area contributed by atoms with Crippen molar-refractivity contribution in [2.45, 2.75) is 39.8 Å².